The third-order valence-electron chi connectivity index (χ3n) is 5.84. The number of nitrogens with zero attached hydrogens (tertiary/aromatic N) is 1. The zero-order valence-corrected chi connectivity index (χ0v) is 16.2. The van der Waals surface area contributed by atoms with E-state index in [9.17, 15) is 9.90 Å². The molecule has 0 aromatic heterocycles. The van der Waals surface area contributed by atoms with Crippen LogP contribution in [0.3, 0.4) is 0 Å². The van der Waals surface area contributed by atoms with Crippen LogP contribution in [-0.4, -0.2) is 42.2 Å². The average Bonchev–Trinajstić information content (AvgIpc) is 2.72. The molecule has 1 saturated heterocycles. The first-order valence-electron chi connectivity index (χ1n) is 10.2. The minimum absolute atomic E-state index is 0.0837. The molecule has 5 heteroatoms. The number of hydrogen-bond acceptors (Lipinski definition) is 4. The molecule has 0 saturated carbocycles. The number of amides is 1. The predicted octanol–water partition coefficient (Wildman–Crippen LogP) is 3.93. The summed E-state index contributed by atoms with van der Waals surface area (Å²) in [4.78, 5) is 14.0. The molecule has 0 radical (unpaired) electrons. The molecule has 0 unspecified atom stereocenters. The van der Waals surface area contributed by atoms with Crippen molar-refractivity contribution in [2.45, 2.75) is 38.0 Å². The number of phenols is 1. The molecule has 0 aliphatic carbocycles. The Morgan fingerprint density at radius 1 is 1.07 bits per heavy atom. The van der Waals surface area contributed by atoms with Gasteiger partial charge in [0, 0.05) is 24.2 Å². The van der Waals surface area contributed by atoms with Crippen LogP contribution in [0.15, 0.2) is 42.5 Å². The van der Waals surface area contributed by atoms with E-state index in [0.717, 1.165) is 62.3 Å². The molecule has 0 atom stereocenters. The maximum absolute atomic E-state index is 11.5. The van der Waals surface area contributed by atoms with Crippen LogP contribution in [-0.2, 0) is 11.2 Å². The van der Waals surface area contributed by atoms with E-state index in [-0.39, 0.29) is 5.91 Å². The van der Waals surface area contributed by atoms with Crippen molar-refractivity contribution in [1.82, 2.24) is 4.90 Å². The Morgan fingerprint density at radius 3 is 2.64 bits per heavy atom. The number of rotatable bonds is 6. The van der Waals surface area contributed by atoms with Crippen LogP contribution in [0.5, 0.6) is 11.5 Å². The van der Waals surface area contributed by atoms with Gasteiger partial charge in [-0.2, -0.15) is 0 Å². The number of phenolic OH excluding ortho intramolecular Hbond substituents is 1. The van der Waals surface area contributed by atoms with Gasteiger partial charge in [0.2, 0.25) is 5.91 Å². The van der Waals surface area contributed by atoms with E-state index in [0.29, 0.717) is 24.7 Å². The van der Waals surface area contributed by atoms with Crippen molar-refractivity contribution in [2.75, 3.05) is 31.6 Å². The van der Waals surface area contributed by atoms with Crippen LogP contribution < -0.4 is 10.1 Å². The first kappa shape index (κ1) is 18.8. The summed E-state index contributed by atoms with van der Waals surface area (Å²) in [5.74, 6) is 1.92. The van der Waals surface area contributed by atoms with Crippen LogP contribution in [0.2, 0.25) is 0 Å². The number of fused-ring (bicyclic) bond motifs is 1. The molecule has 0 bridgehead atoms. The summed E-state index contributed by atoms with van der Waals surface area (Å²) in [5.41, 5.74) is 3.35. The highest BCUT2D eigenvalue weighted by Crippen LogP contribution is 2.31. The Bertz CT molecular complexity index is 811. The Kier molecular flexibility index (Phi) is 5.81. The third-order valence-corrected chi connectivity index (χ3v) is 5.84. The van der Waals surface area contributed by atoms with Crippen LogP contribution in [0.25, 0.3) is 0 Å². The summed E-state index contributed by atoms with van der Waals surface area (Å²) in [6.07, 6.45) is 4.61. The summed E-state index contributed by atoms with van der Waals surface area (Å²) < 4.78 is 6.03. The van der Waals surface area contributed by atoms with Crippen LogP contribution in [0.1, 0.15) is 42.7 Å². The molecule has 5 nitrogen and oxygen atoms in total. The zero-order chi connectivity index (χ0) is 19.3. The second-order valence-electron chi connectivity index (χ2n) is 7.74. The lowest BCUT2D eigenvalue weighted by Crippen LogP contribution is -2.34. The molecule has 2 N–H and O–H groups in total. The fourth-order valence-electron chi connectivity index (χ4n) is 4.23. The highest BCUT2D eigenvalue weighted by molar-refractivity contribution is 5.94. The quantitative estimate of drug-likeness (QED) is 0.746. The standard InChI is InChI=1S/C23H28N2O3/c26-19-7-5-17(6-8-19)18-11-14-25(15-12-18)13-2-16-28-22-4-1-3-21-20(22)9-10-23(27)24-21/h1,3-8,18,26H,2,9-16H2,(H,24,27). The number of ether oxygens (including phenoxy) is 1. The van der Waals surface area contributed by atoms with E-state index < -0.39 is 0 Å². The lowest BCUT2D eigenvalue weighted by Gasteiger charge is -2.32. The molecular weight excluding hydrogens is 352 g/mol. The van der Waals surface area contributed by atoms with Gasteiger partial charge in [-0.3, -0.25) is 4.79 Å². The number of aromatic hydroxyl groups is 1. The second-order valence-corrected chi connectivity index (χ2v) is 7.74. The van der Waals surface area contributed by atoms with Crippen LogP contribution in [0.4, 0.5) is 5.69 Å². The smallest absolute Gasteiger partial charge is 0.224 e. The Balaban J connectivity index is 1.20. The van der Waals surface area contributed by atoms with E-state index in [1.807, 2.05) is 30.3 Å². The van der Waals surface area contributed by atoms with Gasteiger partial charge in [-0.25, -0.2) is 0 Å². The highest BCUT2D eigenvalue weighted by Gasteiger charge is 2.21. The van der Waals surface area contributed by atoms with Gasteiger partial charge < -0.3 is 20.1 Å². The molecule has 148 valence electrons. The van der Waals surface area contributed by atoms with Crippen LogP contribution in [0, 0.1) is 0 Å². The van der Waals surface area contributed by atoms with E-state index in [2.05, 4.69) is 10.2 Å². The van der Waals surface area contributed by atoms with Gasteiger partial charge in [0.25, 0.3) is 0 Å². The fraction of sp³-hybridized carbons (Fsp3) is 0.435. The topological polar surface area (TPSA) is 61.8 Å². The number of likely N-dealkylation sites (tertiary alicyclic amines) is 1. The van der Waals surface area contributed by atoms with E-state index in [4.69, 9.17) is 4.74 Å². The van der Waals surface area contributed by atoms with Gasteiger partial charge in [-0.15, -0.1) is 0 Å². The van der Waals surface area contributed by atoms with Gasteiger partial charge >= 0.3 is 0 Å². The summed E-state index contributed by atoms with van der Waals surface area (Å²) in [7, 11) is 0. The monoisotopic (exact) mass is 380 g/mol. The summed E-state index contributed by atoms with van der Waals surface area (Å²) in [5, 5.41) is 12.4. The molecule has 2 aliphatic heterocycles. The number of hydrogen-bond donors (Lipinski definition) is 2. The van der Waals surface area contributed by atoms with E-state index in [1.54, 1.807) is 12.1 Å². The maximum atomic E-state index is 11.5. The Labute approximate surface area is 166 Å². The number of anilines is 1. The molecule has 1 fully saturated rings. The summed E-state index contributed by atoms with van der Waals surface area (Å²) in [6, 6.07) is 13.5. The summed E-state index contributed by atoms with van der Waals surface area (Å²) >= 11 is 0. The maximum Gasteiger partial charge on any atom is 0.224 e. The molecule has 4 rings (SSSR count). The SMILES string of the molecule is O=C1CCc2c(cccc2OCCCN2CCC(c3ccc(O)cc3)CC2)N1. The number of carbonyl (C=O) groups excluding carboxylic acids is 1. The summed E-state index contributed by atoms with van der Waals surface area (Å²) in [6.45, 7) is 3.97. The second kappa shape index (κ2) is 8.65. The Hall–Kier alpha value is -2.53. The minimum atomic E-state index is 0.0837. The van der Waals surface area contributed by atoms with Crippen LogP contribution >= 0.6 is 0 Å². The van der Waals surface area contributed by atoms with Crippen molar-refractivity contribution in [3.63, 3.8) is 0 Å². The lowest BCUT2D eigenvalue weighted by molar-refractivity contribution is -0.116. The van der Waals surface area contributed by atoms with Gasteiger partial charge in [-0.1, -0.05) is 18.2 Å². The third kappa shape index (κ3) is 4.47. The van der Waals surface area contributed by atoms with Crippen molar-refractivity contribution >= 4 is 11.6 Å². The van der Waals surface area contributed by atoms with E-state index in [1.165, 1.54) is 5.56 Å². The van der Waals surface area contributed by atoms with Gasteiger partial charge in [0.05, 0.1) is 6.61 Å². The molecule has 1 amide bonds. The number of carbonyl (C=O) groups is 1. The van der Waals surface area contributed by atoms with Gasteiger partial charge in [-0.05, 0) is 74.5 Å². The number of piperidine rings is 1. The number of benzene rings is 2. The molecular formula is C23H28N2O3. The van der Waals surface area contributed by atoms with E-state index >= 15 is 0 Å². The van der Waals surface area contributed by atoms with Crippen molar-refractivity contribution < 1.29 is 14.6 Å². The van der Waals surface area contributed by atoms with Crippen molar-refractivity contribution in [3.8, 4) is 11.5 Å². The number of nitrogens with one attached hydrogen (secondary N) is 1. The largest absolute Gasteiger partial charge is 0.508 e. The molecule has 28 heavy (non-hydrogen) atoms. The molecule has 2 aromatic rings. The van der Waals surface area contributed by atoms with Crippen molar-refractivity contribution in [3.05, 3.63) is 53.6 Å². The lowest BCUT2D eigenvalue weighted by atomic mass is 9.89. The molecule has 2 aliphatic rings. The molecule has 0 spiro atoms. The minimum Gasteiger partial charge on any atom is -0.508 e. The molecule has 2 aromatic carbocycles. The van der Waals surface area contributed by atoms with Gasteiger partial charge in [0.15, 0.2) is 0 Å². The first-order chi connectivity index (χ1) is 13.7. The fourth-order valence-corrected chi connectivity index (χ4v) is 4.23. The highest BCUT2D eigenvalue weighted by atomic mass is 16.5. The predicted molar refractivity (Wildman–Crippen MR) is 110 cm³/mol. The average molecular weight is 380 g/mol. The first-order valence-corrected chi connectivity index (χ1v) is 10.2. The van der Waals surface area contributed by atoms with Crippen molar-refractivity contribution in [2.24, 2.45) is 0 Å². The van der Waals surface area contributed by atoms with Crippen molar-refractivity contribution in [1.29, 1.82) is 0 Å². The molecule has 2 heterocycles. The Morgan fingerprint density at radius 2 is 1.86 bits per heavy atom. The normalized spacial score (nSPS) is 17.8. The zero-order valence-electron chi connectivity index (χ0n) is 16.2. The van der Waals surface area contributed by atoms with Gasteiger partial charge in [0.1, 0.15) is 11.5 Å².